The van der Waals surface area contributed by atoms with Gasteiger partial charge in [0.1, 0.15) is 6.54 Å². The summed E-state index contributed by atoms with van der Waals surface area (Å²) in [6, 6.07) is 6.24. The van der Waals surface area contributed by atoms with Gasteiger partial charge in [0.2, 0.25) is 0 Å². The molecular weight excluding hydrogens is 222 g/mol. The van der Waals surface area contributed by atoms with Crippen molar-refractivity contribution in [1.29, 1.82) is 0 Å². The molecule has 0 fully saturated rings. The number of nitrogens with zero attached hydrogens (tertiary/aromatic N) is 3. The van der Waals surface area contributed by atoms with Gasteiger partial charge in [-0.15, -0.1) is 5.10 Å². The number of hydrogen-bond acceptors (Lipinski definition) is 4. The van der Waals surface area contributed by atoms with Gasteiger partial charge < -0.3 is 5.11 Å². The van der Waals surface area contributed by atoms with Crippen LogP contribution in [0.2, 0.25) is 0 Å². The maximum atomic E-state index is 10.9. The van der Waals surface area contributed by atoms with E-state index < -0.39 is 4.92 Å². The molecule has 0 N–H and O–H groups in total. The Labute approximate surface area is 99.5 Å². The number of quaternary nitrogens is 1. The molecule has 0 unspecified atom stereocenters. The molecule has 0 spiro atoms. The SMILES string of the molecule is C/C([O-])=N/[N+](C)(C)Cc1ccc([N+](=O)[O-])cc1. The topological polar surface area (TPSA) is 78.6 Å². The number of non-ortho nitro benzene ring substituents is 1. The van der Waals surface area contributed by atoms with Crippen molar-refractivity contribution >= 4 is 11.6 Å². The van der Waals surface area contributed by atoms with Crippen molar-refractivity contribution in [2.24, 2.45) is 5.10 Å². The van der Waals surface area contributed by atoms with Gasteiger partial charge in [0.15, 0.2) is 0 Å². The standard InChI is InChI=1S/C11H15N3O3/c1-9(15)12-14(2,3)8-10-4-6-11(7-5-10)13(16)17/h4-7H,8H2,1-3H3. The summed E-state index contributed by atoms with van der Waals surface area (Å²) in [6.45, 7) is 1.91. The summed E-state index contributed by atoms with van der Waals surface area (Å²) in [5, 5.41) is 25.3. The van der Waals surface area contributed by atoms with E-state index in [9.17, 15) is 15.2 Å². The lowest BCUT2D eigenvalue weighted by molar-refractivity contribution is -0.911. The molecule has 92 valence electrons. The summed E-state index contributed by atoms with van der Waals surface area (Å²) < 4.78 is 0.174. The zero-order chi connectivity index (χ0) is 13.1. The Morgan fingerprint density at radius 2 is 1.88 bits per heavy atom. The summed E-state index contributed by atoms with van der Waals surface area (Å²) in [7, 11) is 3.59. The fourth-order valence-electron chi connectivity index (χ4n) is 1.59. The number of benzene rings is 1. The van der Waals surface area contributed by atoms with Crippen LogP contribution in [0.25, 0.3) is 0 Å². The molecule has 0 amide bonds. The lowest BCUT2D eigenvalue weighted by Gasteiger charge is -2.24. The van der Waals surface area contributed by atoms with Crippen molar-refractivity contribution in [2.75, 3.05) is 14.1 Å². The molecule has 0 radical (unpaired) electrons. The van der Waals surface area contributed by atoms with Gasteiger partial charge in [0.25, 0.3) is 5.69 Å². The highest BCUT2D eigenvalue weighted by Gasteiger charge is 2.15. The Morgan fingerprint density at radius 1 is 1.35 bits per heavy atom. The van der Waals surface area contributed by atoms with Gasteiger partial charge in [-0.25, -0.2) is 0 Å². The molecule has 6 heteroatoms. The van der Waals surface area contributed by atoms with Crippen molar-refractivity contribution in [3.8, 4) is 0 Å². The first-order chi connectivity index (χ1) is 7.80. The Bertz CT molecular complexity index is 434. The summed E-state index contributed by atoms with van der Waals surface area (Å²) in [4.78, 5) is 10.0. The molecule has 0 aliphatic rings. The molecule has 0 heterocycles. The largest absolute Gasteiger partial charge is 0.858 e. The monoisotopic (exact) mass is 237 g/mol. The molecule has 0 atom stereocenters. The summed E-state index contributed by atoms with van der Waals surface area (Å²) in [5.74, 6) is -0.239. The fourth-order valence-corrected chi connectivity index (χ4v) is 1.59. The third-order valence-corrected chi connectivity index (χ3v) is 2.13. The Balaban J connectivity index is 2.82. The summed E-state index contributed by atoms with van der Waals surface area (Å²) in [6.07, 6.45) is 0. The normalized spacial score (nSPS) is 12.5. The second kappa shape index (κ2) is 4.92. The minimum Gasteiger partial charge on any atom is -0.858 e. The van der Waals surface area contributed by atoms with E-state index in [0.29, 0.717) is 6.54 Å². The van der Waals surface area contributed by atoms with Crippen LogP contribution in [0, 0.1) is 10.1 Å². The van der Waals surface area contributed by atoms with Crippen LogP contribution < -0.4 is 5.11 Å². The first kappa shape index (κ1) is 13.1. The van der Waals surface area contributed by atoms with E-state index in [1.165, 1.54) is 19.1 Å². The van der Waals surface area contributed by atoms with Crippen LogP contribution in [0.15, 0.2) is 29.4 Å². The molecule has 0 aliphatic heterocycles. The molecule has 1 aromatic carbocycles. The highest BCUT2D eigenvalue weighted by Crippen LogP contribution is 2.15. The van der Waals surface area contributed by atoms with E-state index in [1.54, 1.807) is 26.2 Å². The zero-order valence-corrected chi connectivity index (χ0v) is 10.1. The average molecular weight is 237 g/mol. The second-order valence-corrected chi connectivity index (χ2v) is 4.32. The van der Waals surface area contributed by atoms with Crippen molar-refractivity contribution < 1.29 is 14.6 Å². The van der Waals surface area contributed by atoms with Crippen molar-refractivity contribution in [1.82, 2.24) is 0 Å². The van der Waals surface area contributed by atoms with Gasteiger partial charge in [-0.2, -0.15) is 4.59 Å². The maximum Gasteiger partial charge on any atom is 0.269 e. The smallest absolute Gasteiger partial charge is 0.269 e. The lowest BCUT2D eigenvalue weighted by Crippen LogP contribution is -2.35. The number of nitro benzene ring substituents is 1. The van der Waals surface area contributed by atoms with E-state index in [4.69, 9.17) is 0 Å². The van der Waals surface area contributed by atoms with Gasteiger partial charge in [-0.1, -0.05) is 0 Å². The van der Waals surface area contributed by atoms with Crippen molar-refractivity contribution in [3.05, 3.63) is 39.9 Å². The van der Waals surface area contributed by atoms with Crippen LogP contribution in [0.4, 0.5) is 5.69 Å². The molecule has 0 saturated heterocycles. The third-order valence-electron chi connectivity index (χ3n) is 2.13. The minimum atomic E-state index is -0.441. The van der Waals surface area contributed by atoms with Gasteiger partial charge in [-0.05, 0) is 19.1 Å². The fraction of sp³-hybridized carbons (Fsp3) is 0.364. The first-order valence-corrected chi connectivity index (χ1v) is 5.10. The van der Waals surface area contributed by atoms with Crippen LogP contribution in [-0.2, 0) is 6.54 Å². The Kier molecular flexibility index (Phi) is 3.80. The van der Waals surface area contributed by atoms with Gasteiger partial charge in [0, 0.05) is 23.6 Å². The first-order valence-electron chi connectivity index (χ1n) is 5.10. The molecule has 0 bridgehead atoms. The molecule has 1 rings (SSSR count). The van der Waals surface area contributed by atoms with Crippen molar-refractivity contribution in [2.45, 2.75) is 13.5 Å². The van der Waals surface area contributed by atoms with Crippen LogP contribution >= 0.6 is 0 Å². The van der Waals surface area contributed by atoms with E-state index in [2.05, 4.69) is 5.10 Å². The number of nitro groups is 1. The van der Waals surface area contributed by atoms with E-state index in [1.807, 2.05) is 0 Å². The predicted molar refractivity (Wildman–Crippen MR) is 62.0 cm³/mol. The van der Waals surface area contributed by atoms with E-state index in [0.717, 1.165) is 5.56 Å². The molecule has 6 nitrogen and oxygen atoms in total. The minimum absolute atomic E-state index is 0.0579. The molecule has 0 saturated carbocycles. The molecular formula is C11H15N3O3. The van der Waals surface area contributed by atoms with Crippen molar-refractivity contribution in [3.63, 3.8) is 0 Å². The van der Waals surface area contributed by atoms with Gasteiger partial charge in [0.05, 0.1) is 19.0 Å². The van der Waals surface area contributed by atoms with E-state index in [-0.39, 0.29) is 16.2 Å². The molecule has 0 aliphatic carbocycles. The molecule has 0 aromatic heterocycles. The Hall–Kier alpha value is -1.95. The van der Waals surface area contributed by atoms with E-state index >= 15 is 0 Å². The van der Waals surface area contributed by atoms with Crippen LogP contribution in [0.1, 0.15) is 12.5 Å². The zero-order valence-electron chi connectivity index (χ0n) is 10.1. The molecule has 1 aromatic rings. The van der Waals surface area contributed by atoms with Crippen LogP contribution in [-0.4, -0.2) is 29.5 Å². The third kappa shape index (κ3) is 4.20. The second-order valence-electron chi connectivity index (χ2n) is 4.32. The predicted octanol–water partition coefficient (Wildman–Crippen LogP) is 0.865. The Morgan fingerprint density at radius 3 is 2.29 bits per heavy atom. The maximum absolute atomic E-state index is 10.9. The quantitative estimate of drug-likeness (QED) is 0.256. The van der Waals surface area contributed by atoms with Gasteiger partial charge >= 0.3 is 0 Å². The highest BCUT2D eigenvalue weighted by molar-refractivity contribution is 5.67. The lowest BCUT2D eigenvalue weighted by atomic mass is 10.2. The van der Waals surface area contributed by atoms with Crippen LogP contribution in [0.5, 0.6) is 0 Å². The average Bonchev–Trinajstić information content (AvgIpc) is 2.15. The van der Waals surface area contributed by atoms with Gasteiger partial charge in [-0.3, -0.25) is 10.1 Å². The highest BCUT2D eigenvalue weighted by atomic mass is 16.6. The van der Waals surface area contributed by atoms with Crippen LogP contribution in [0.3, 0.4) is 0 Å². The summed E-state index contributed by atoms with van der Waals surface area (Å²) >= 11 is 0. The summed E-state index contributed by atoms with van der Waals surface area (Å²) in [5.41, 5.74) is 0.952. The number of rotatable bonds is 4. The molecule has 17 heavy (non-hydrogen) atoms. The number of hydrogen-bond donors (Lipinski definition) is 0.